The lowest BCUT2D eigenvalue weighted by atomic mass is 10.2. The molecule has 1 amide bonds. The Morgan fingerprint density at radius 1 is 1.14 bits per heavy atom. The number of benzene rings is 1. The van der Waals surface area contributed by atoms with E-state index >= 15 is 0 Å². The van der Waals surface area contributed by atoms with Crippen molar-refractivity contribution < 1.29 is 9.18 Å². The number of pyridine rings is 1. The van der Waals surface area contributed by atoms with Gasteiger partial charge in [0.15, 0.2) is 11.5 Å². The number of carbonyl (C=O) groups is 1. The van der Waals surface area contributed by atoms with Crippen molar-refractivity contribution in [3.8, 4) is 17.1 Å². The van der Waals surface area contributed by atoms with Crippen LogP contribution in [0.5, 0.6) is 0 Å². The van der Waals surface area contributed by atoms with Gasteiger partial charge in [0.1, 0.15) is 12.1 Å². The normalized spacial score (nSPS) is 14.4. The van der Waals surface area contributed by atoms with Crippen molar-refractivity contribution in [1.29, 1.82) is 0 Å². The van der Waals surface area contributed by atoms with Gasteiger partial charge in [-0.1, -0.05) is 0 Å². The average molecular weight is 409 g/mol. The maximum atomic E-state index is 14.6. The van der Waals surface area contributed by atoms with Crippen molar-refractivity contribution in [1.82, 2.24) is 34.8 Å². The average Bonchev–Trinajstić information content (AvgIpc) is 3.43. The fourth-order valence-electron chi connectivity index (χ4n) is 3.34. The Labute approximate surface area is 169 Å². The zero-order valence-corrected chi connectivity index (χ0v) is 16.1. The van der Waals surface area contributed by atoms with Crippen LogP contribution in [0.25, 0.3) is 28.1 Å². The molecule has 1 saturated heterocycles. The van der Waals surface area contributed by atoms with E-state index < -0.39 is 5.82 Å². The van der Waals surface area contributed by atoms with E-state index in [1.54, 1.807) is 35.3 Å². The summed E-state index contributed by atoms with van der Waals surface area (Å²) < 4.78 is 16.1. The van der Waals surface area contributed by atoms with Crippen LogP contribution in [0.1, 0.15) is 10.4 Å². The van der Waals surface area contributed by atoms with Gasteiger partial charge >= 0.3 is 0 Å². The van der Waals surface area contributed by atoms with Crippen LogP contribution in [0.4, 0.5) is 4.39 Å². The number of rotatable bonds is 3. The number of thioether (sulfide) groups is 1. The van der Waals surface area contributed by atoms with Gasteiger partial charge in [-0.2, -0.15) is 22.0 Å². The van der Waals surface area contributed by atoms with Crippen LogP contribution in [-0.2, 0) is 0 Å². The SMILES string of the molecule is O=C(c1cnc2c(cnn2-c2ccc(-c3ncn[nH]3)c(F)c2)c1)N1CCSCC1. The number of nitrogens with one attached hydrogen (secondary N) is 1. The van der Waals surface area contributed by atoms with E-state index in [4.69, 9.17) is 0 Å². The van der Waals surface area contributed by atoms with Crippen LogP contribution in [0.15, 0.2) is 43.0 Å². The summed E-state index contributed by atoms with van der Waals surface area (Å²) in [5, 5.41) is 11.5. The van der Waals surface area contributed by atoms with E-state index in [1.165, 1.54) is 12.4 Å². The highest BCUT2D eigenvalue weighted by Gasteiger charge is 2.20. The summed E-state index contributed by atoms with van der Waals surface area (Å²) in [4.78, 5) is 23.0. The molecule has 10 heteroatoms. The van der Waals surface area contributed by atoms with Gasteiger partial charge in [-0.15, -0.1) is 0 Å². The minimum absolute atomic E-state index is 0.0186. The van der Waals surface area contributed by atoms with E-state index in [9.17, 15) is 9.18 Å². The number of hydrogen-bond acceptors (Lipinski definition) is 6. The molecule has 29 heavy (non-hydrogen) atoms. The Balaban J connectivity index is 1.47. The summed E-state index contributed by atoms with van der Waals surface area (Å²) in [6, 6.07) is 6.51. The Kier molecular flexibility index (Phi) is 4.47. The van der Waals surface area contributed by atoms with E-state index in [0.717, 1.165) is 30.0 Å². The second kappa shape index (κ2) is 7.28. The topological polar surface area (TPSA) is 92.6 Å². The fraction of sp³-hybridized carbons (Fsp3) is 0.211. The number of hydrogen-bond donors (Lipinski definition) is 1. The molecule has 0 radical (unpaired) electrons. The van der Waals surface area contributed by atoms with Crippen LogP contribution in [-0.4, -0.2) is 65.3 Å². The molecule has 0 bridgehead atoms. The van der Waals surface area contributed by atoms with Crippen molar-refractivity contribution >= 4 is 28.7 Å². The van der Waals surface area contributed by atoms with Crippen LogP contribution in [0.2, 0.25) is 0 Å². The van der Waals surface area contributed by atoms with E-state index in [0.29, 0.717) is 28.3 Å². The Bertz CT molecular complexity index is 1180. The number of fused-ring (bicyclic) bond motifs is 1. The minimum Gasteiger partial charge on any atom is -0.337 e. The molecular formula is C19H16FN7OS. The van der Waals surface area contributed by atoms with E-state index in [-0.39, 0.29) is 5.91 Å². The summed E-state index contributed by atoms with van der Waals surface area (Å²) in [5.74, 6) is 1.80. The Morgan fingerprint density at radius 2 is 2.00 bits per heavy atom. The second-order valence-corrected chi connectivity index (χ2v) is 7.82. The smallest absolute Gasteiger partial charge is 0.255 e. The summed E-state index contributed by atoms with van der Waals surface area (Å²) in [6.07, 6.45) is 4.52. The van der Waals surface area contributed by atoms with Crippen LogP contribution in [0, 0.1) is 5.82 Å². The molecule has 1 fully saturated rings. The van der Waals surface area contributed by atoms with Crippen LogP contribution >= 0.6 is 11.8 Å². The number of carbonyl (C=O) groups excluding carboxylic acids is 1. The highest BCUT2D eigenvalue weighted by molar-refractivity contribution is 7.99. The third-order valence-corrected chi connectivity index (χ3v) is 5.76. The van der Waals surface area contributed by atoms with Crippen molar-refractivity contribution in [3.05, 3.63) is 54.4 Å². The van der Waals surface area contributed by atoms with Gasteiger partial charge < -0.3 is 4.90 Å². The molecule has 3 aromatic heterocycles. The first-order valence-electron chi connectivity index (χ1n) is 9.07. The number of H-pyrrole nitrogens is 1. The quantitative estimate of drug-likeness (QED) is 0.559. The van der Waals surface area contributed by atoms with Gasteiger partial charge in [0.05, 0.1) is 23.0 Å². The van der Waals surface area contributed by atoms with Crippen molar-refractivity contribution in [2.45, 2.75) is 0 Å². The maximum absolute atomic E-state index is 14.6. The standard InChI is InChI=1S/C19H16FN7OS/c20-16-8-14(1-2-15(16)17-22-11-23-25-17)27-18-12(10-24-27)7-13(9-21-18)19(28)26-3-5-29-6-4-26/h1-2,7-11H,3-6H2,(H,22,23,25). The van der Waals surface area contributed by atoms with Crippen LogP contribution < -0.4 is 0 Å². The molecule has 0 atom stereocenters. The van der Waals surface area contributed by atoms with Gasteiger partial charge in [0.25, 0.3) is 5.91 Å². The maximum Gasteiger partial charge on any atom is 0.255 e. The zero-order valence-electron chi connectivity index (χ0n) is 15.2. The molecule has 5 rings (SSSR count). The molecule has 0 unspecified atom stereocenters. The number of amides is 1. The molecule has 0 spiro atoms. The third-order valence-electron chi connectivity index (χ3n) is 4.82. The molecule has 1 N–H and O–H groups in total. The monoisotopic (exact) mass is 409 g/mol. The summed E-state index contributed by atoms with van der Waals surface area (Å²) in [5.41, 5.74) is 1.95. The first kappa shape index (κ1) is 17.8. The molecule has 0 aliphatic carbocycles. The van der Waals surface area contributed by atoms with Gasteiger partial charge in [-0.3, -0.25) is 9.89 Å². The van der Waals surface area contributed by atoms with Gasteiger partial charge in [-0.05, 0) is 18.2 Å². The molecule has 1 aliphatic rings. The Hall–Kier alpha value is -3.27. The number of halogens is 1. The summed E-state index contributed by atoms with van der Waals surface area (Å²) >= 11 is 1.85. The first-order valence-corrected chi connectivity index (χ1v) is 10.2. The third kappa shape index (κ3) is 3.25. The number of nitrogens with zero attached hydrogens (tertiary/aromatic N) is 6. The summed E-state index contributed by atoms with van der Waals surface area (Å²) in [6.45, 7) is 1.50. The van der Waals surface area contributed by atoms with E-state index in [1.807, 2.05) is 16.7 Å². The highest BCUT2D eigenvalue weighted by atomic mass is 32.2. The lowest BCUT2D eigenvalue weighted by Crippen LogP contribution is -2.37. The molecule has 146 valence electrons. The minimum atomic E-state index is -0.447. The van der Waals surface area contributed by atoms with Crippen molar-refractivity contribution in [2.75, 3.05) is 24.6 Å². The number of aromatic amines is 1. The molecule has 1 aliphatic heterocycles. The molecule has 4 aromatic rings. The summed E-state index contributed by atoms with van der Waals surface area (Å²) in [7, 11) is 0. The molecule has 4 heterocycles. The Morgan fingerprint density at radius 3 is 2.76 bits per heavy atom. The lowest BCUT2D eigenvalue weighted by molar-refractivity contribution is 0.0772. The van der Waals surface area contributed by atoms with E-state index in [2.05, 4.69) is 25.3 Å². The second-order valence-electron chi connectivity index (χ2n) is 6.60. The molecule has 8 nitrogen and oxygen atoms in total. The van der Waals surface area contributed by atoms with Gasteiger partial charge in [0.2, 0.25) is 0 Å². The first-order chi connectivity index (χ1) is 14.2. The fourth-order valence-corrected chi connectivity index (χ4v) is 4.24. The zero-order chi connectivity index (χ0) is 19.8. The number of aromatic nitrogens is 6. The highest BCUT2D eigenvalue weighted by Crippen LogP contribution is 2.24. The van der Waals surface area contributed by atoms with Crippen molar-refractivity contribution in [2.24, 2.45) is 0 Å². The molecule has 0 saturated carbocycles. The largest absolute Gasteiger partial charge is 0.337 e. The predicted octanol–water partition coefficient (Wildman–Crippen LogP) is 2.53. The van der Waals surface area contributed by atoms with Crippen LogP contribution in [0.3, 0.4) is 0 Å². The molecule has 1 aromatic carbocycles. The lowest BCUT2D eigenvalue weighted by Gasteiger charge is -2.26. The molecular weight excluding hydrogens is 393 g/mol. The predicted molar refractivity (Wildman–Crippen MR) is 107 cm³/mol. The van der Waals surface area contributed by atoms with Gasteiger partial charge in [-0.25, -0.2) is 19.0 Å². The van der Waals surface area contributed by atoms with Gasteiger partial charge in [0, 0.05) is 42.2 Å². The van der Waals surface area contributed by atoms with Crippen molar-refractivity contribution in [3.63, 3.8) is 0 Å².